The maximum absolute atomic E-state index is 12.8. The summed E-state index contributed by atoms with van der Waals surface area (Å²) < 4.78 is 2.49. The lowest BCUT2D eigenvalue weighted by atomic mass is 10.1. The van der Waals surface area contributed by atoms with E-state index in [4.69, 9.17) is 0 Å². The van der Waals surface area contributed by atoms with Gasteiger partial charge in [0.05, 0.1) is 23.2 Å². The van der Waals surface area contributed by atoms with Gasteiger partial charge in [0, 0.05) is 9.75 Å². The molecule has 170 valence electrons. The molecule has 0 aliphatic rings. The highest BCUT2D eigenvalue weighted by Crippen LogP contribution is 2.26. The number of hydrogen-bond acceptors (Lipinski definition) is 8. The molecule has 4 heterocycles. The van der Waals surface area contributed by atoms with Crippen molar-refractivity contribution < 1.29 is 0 Å². The van der Waals surface area contributed by atoms with Gasteiger partial charge in [-0.2, -0.15) is 19.6 Å². The zero-order chi connectivity index (χ0) is 24.0. The highest BCUT2D eigenvalue weighted by molar-refractivity contribution is 7.19. The zero-order valence-electron chi connectivity index (χ0n) is 18.9. The molecule has 0 saturated heterocycles. The number of fused-ring (bicyclic) bond motifs is 2. The molecule has 4 aromatic heterocycles. The molecule has 0 aliphatic heterocycles. The monoisotopic (exact) mass is 488 g/mol. The molecule has 0 amide bonds. The summed E-state index contributed by atoms with van der Waals surface area (Å²) in [6, 6.07) is 7.46. The fraction of sp³-hybridized carbons (Fsp3) is 0.167. The Bertz CT molecular complexity index is 1630. The van der Waals surface area contributed by atoms with E-state index in [-0.39, 0.29) is 11.1 Å². The molecule has 5 rings (SSSR count). The molecule has 5 aromatic rings. The quantitative estimate of drug-likeness (QED) is 0.354. The number of nitrogens with zero attached hydrogens (tertiary/aromatic N) is 6. The lowest BCUT2D eigenvalue weighted by Gasteiger charge is -2.00. The number of thiophene rings is 2. The van der Waals surface area contributed by atoms with Crippen LogP contribution in [0.5, 0.6) is 0 Å². The van der Waals surface area contributed by atoms with E-state index in [1.54, 1.807) is 12.4 Å². The van der Waals surface area contributed by atoms with Crippen LogP contribution in [0, 0.1) is 27.7 Å². The Morgan fingerprint density at radius 2 is 1.21 bits per heavy atom. The van der Waals surface area contributed by atoms with Crippen LogP contribution < -0.4 is 11.1 Å². The number of aryl methyl sites for hydroxylation is 4. The minimum atomic E-state index is -0.193. The van der Waals surface area contributed by atoms with Gasteiger partial charge in [0.15, 0.2) is 0 Å². The Kier molecular flexibility index (Phi) is 5.54. The predicted octanol–water partition coefficient (Wildman–Crippen LogP) is 4.23. The number of aromatic nitrogens is 4. The van der Waals surface area contributed by atoms with E-state index in [0.29, 0.717) is 10.8 Å². The SMILES string of the molecule is Cc1sc2ncn(/N=C/c3cccc(/C=N/n4cnc5sc(C)c(C)c5c4=O)c3)c(=O)c2c1C. The van der Waals surface area contributed by atoms with Crippen molar-refractivity contribution in [2.75, 3.05) is 0 Å². The van der Waals surface area contributed by atoms with Crippen molar-refractivity contribution in [3.8, 4) is 0 Å². The fourth-order valence-electron chi connectivity index (χ4n) is 3.59. The average Bonchev–Trinajstić information content (AvgIpc) is 3.28. The smallest absolute Gasteiger partial charge is 0.267 e. The van der Waals surface area contributed by atoms with Crippen molar-refractivity contribution in [1.82, 2.24) is 19.3 Å². The standard InChI is InChI=1S/C24H20N6O2S2/c1-13-15(3)33-21-19(13)23(31)29(11-25-21)27-9-17-6-5-7-18(8-17)10-28-30-12-26-22-20(24(30)32)14(2)16(4)34-22/h5-12H,1-4H3/b27-9+,28-10+. The van der Waals surface area contributed by atoms with Crippen LogP contribution in [-0.4, -0.2) is 31.7 Å². The Hall–Kier alpha value is -3.76. The molecular weight excluding hydrogens is 468 g/mol. The van der Waals surface area contributed by atoms with Gasteiger partial charge in [-0.15, -0.1) is 22.7 Å². The minimum absolute atomic E-state index is 0.193. The Morgan fingerprint density at radius 3 is 1.65 bits per heavy atom. The van der Waals surface area contributed by atoms with Gasteiger partial charge >= 0.3 is 0 Å². The summed E-state index contributed by atoms with van der Waals surface area (Å²) >= 11 is 3.01. The molecule has 0 atom stereocenters. The summed E-state index contributed by atoms with van der Waals surface area (Å²) in [6.45, 7) is 7.81. The van der Waals surface area contributed by atoms with E-state index < -0.39 is 0 Å². The molecule has 0 aliphatic carbocycles. The van der Waals surface area contributed by atoms with Crippen molar-refractivity contribution in [2.45, 2.75) is 27.7 Å². The van der Waals surface area contributed by atoms with Crippen LogP contribution in [0.2, 0.25) is 0 Å². The van der Waals surface area contributed by atoms with Crippen LogP contribution in [0.1, 0.15) is 32.0 Å². The number of hydrogen-bond donors (Lipinski definition) is 0. The van der Waals surface area contributed by atoms with E-state index in [1.807, 2.05) is 52.0 Å². The van der Waals surface area contributed by atoms with Crippen molar-refractivity contribution in [1.29, 1.82) is 0 Å². The molecular formula is C24H20N6O2S2. The summed E-state index contributed by atoms with van der Waals surface area (Å²) in [5, 5.41) is 9.83. The summed E-state index contributed by atoms with van der Waals surface area (Å²) in [7, 11) is 0. The van der Waals surface area contributed by atoms with Crippen molar-refractivity contribution in [3.63, 3.8) is 0 Å². The Morgan fingerprint density at radius 1 is 0.765 bits per heavy atom. The van der Waals surface area contributed by atoms with Crippen LogP contribution in [0.3, 0.4) is 0 Å². The molecule has 0 saturated carbocycles. The van der Waals surface area contributed by atoms with Crippen molar-refractivity contribution in [2.24, 2.45) is 10.2 Å². The average molecular weight is 489 g/mol. The second-order valence-corrected chi connectivity index (χ2v) is 10.3. The molecule has 0 spiro atoms. The normalized spacial score (nSPS) is 12.1. The van der Waals surface area contributed by atoms with Gasteiger partial charge in [-0.05, 0) is 56.0 Å². The van der Waals surface area contributed by atoms with Crippen molar-refractivity contribution in [3.05, 3.63) is 89.6 Å². The third kappa shape index (κ3) is 3.80. The molecule has 0 fully saturated rings. The number of rotatable bonds is 4. The van der Waals surface area contributed by atoms with Crippen LogP contribution >= 0.6 is 22.7 Å². The van der Waals surface area contributed by atoms with E-state index >= 15 is 0 Å². The largest absolute Gasteiger partial charge is 0.282 e. The lowest BCUT2D eigenvalue weighted by molar-refractivity contribution is 0.817. The Balaban J connectivity index is 1.44. The van der Waals surface area contributed by atoms with E-state index in [1.165, 1.54) is 44.7 Å². The second kappa shape index (κ2) is 8.54. The van der Waals surface area contributed by atoms with Gasteiger partial charge in [0.25, 0.3) is 11.1 Å². The zero-order valence-corrected chi connectivity index (χ0v) is 20.6. The first-order valence-corrected chi connectivity index (χ1v) is 12.1. The van der Waals surface area contributed by atoms with Crippen molar-refractivity contribution >= 4 is 55.5 Å². The lowest BCUT2D eigenvalue weighted by Crippen LogP contribution is -2.17. The first-order chi connectivity index (χ1) is 16.3. The van der Waals surface area contributed by atoms with E-state index in [0.717, 1.165) is 41.7 Å². The first kappa shape index (κ1) is 22.1. The van der Waals surface area contributed by atoms with Gasteiger partial charge in [-0.3, -0.25) is 9.59 Å². The first-order valence-electron chi connectivity index (χ1n) is 10.5. The van der Waals surface area contributed by atoms with Gasteiger partial charge in [-0.25, -0.2) is 9.97 Å². The molecule has 0 unspecified atom stereocenters. The van der Waals surface area contributed by atoms with Gasteiger partial charge in [-0.1, -0.05) is 18.2 Å². The highest BCUT2D eigenvalue weighted by atomic mass is 32.1. The van der Waals surface area contributed by atoms with Crippen LogP contribution in [0.15, 0.2) is 56.7 Å². The van der Waals surface area contributed by atoms with Crippen LogP contribution in [-0.2, 0) is 0 Å². The maximum atomic E-state index is 12.8. The molecule has 1 aromatic carbocycles. The van der Waals surface area contributed by atoms with Crippen LogP contribution in [0.4, 0.5) is 0 Å². The molecule has 0 radical (unpaired) electrons. The predicted molar refractivity (Wildman–Crippen MR) is 139 cm³/mol. The van der Waals surface area contributed by atoms with E-state index in [9.17, 15) is 9.59 Å². The third-order valence-electron chi connectivity index (χ3n) is 5.72. The second-order valence-electron chi connectivity index (χ2n) is 7.87. The molecule has 0 bridgehead atoms. The molecule has 34 heavy (non-hydrogen) atoms. The summed E-state index contributed by atoms with van der Waals surface area (Å²) in [4.78, 5) is 38.0. The molecule has 8 nitrogen and oxygen atoms in total. The maximum Gasteiger partial charge on any atom is 0.282 e. The van der Waals surface area contributed by atoms with Crippen LogP contribution in [0.25, 0.3) is 20.4 Å². The Labute approximate surface area is 202 Å². The fourth-order valence-corrected chi connectivity index (χ4v) is 5.57. The highest BCUT2D eigenvalue weighted by Gasteiger charge is 2.12. The van der Waals surface area contributed by atoms with E-state index in [2.05, 4.69) is 20.2 Å². The van der Waals surface area contributed by atoms with Gasteiger partial charge < -0.3 is 0 Å². The third-order valence-corrected chi connectivity index (χ3v) is 7.95. The summed E-state index contributed by atoms with van der Waals surface area (Å²) in [6.07, 6.45) is 6.06. The molecule has 0 N–H and O–H groups in total. The number of benzene rings is 1. The minimum Gasteiger partial charge on any atom is -0.267 e. The van der Waals surface area contributed by atoms with Gasteiger partial charge in [0.1, 0.15) is 22.3 Å². The summed E-state index contributed by atoms with van der Waals surface area (Å²) in [5.41, 5.74) is 3.05. The topological polar surface area (TPSA) is 94.5 Å². The molecule has 10 heteroatoms. The van der Waals surface area contributed by atoms with Gasteiger partial charge in [0.2, 0.25) is 0 Å². The summed E-state index contributed by atoms with van der Waals surface area (Å²) in [5.74, 6) is 0.